The Morgan fingerprint density at radius 1 is 1.62 bits per heavy atom. The highest BCUT2D eigenvalue weighted by atomic mass is 79.9. The van der Waals surface area contributed by atoms with Crippen LogP contribution in [0.4, 0.5) is 0 Å². The maximum absolute atomic E-state index is 12.1. The molecule has 0 aromatic carbocycles. The third-order valence-corrected chi connectivity index (χ3v) is 3.79. The Bertz CT molecular complexity index is 365. The van der Waals surface area contributed by atoms with Crippen molar-refractivity contribution in [2.75, 3.05) is 14.2 Å². The van der Waals surface area contributed by atoms with Crippen LogP contribution in [0, 0.1) is 5.92 Å². The molecular formula is C10H16BrN3O2. The molecule has 1 aliphatic rings. The smallest absolute Gasteiger partial charge is 0.271 e. The second-order valence-corrected chi connectivity index (χ2v) is 5.18. The fourth-order valence-corrected chi connectivity index (χ4v) is 2.53. The highest BCUT2D eigenvalue weighted by Crippen LogP contribution is 2.33. The summed E-state index contributed by atoms with van der Waals surface area (Å²) in [6.07, 6.45) is 0. The van der Waals surface area contributed by atoms with Crippen molar-refractivity contribution >= 4 is 33.3 Å². The third kappa shape index (κ3) is 1.86. The molecule has 90 valence electrons. The molecule has 1 unspecified atom stereocenters. The standard InChI is InChI=1S/C10H16BrN3O2/c1-6(2)8-10(11,7(3)13-16-5)9(15)14(4)12-8/h6H,1-5H3/b13-7+. The fraction of sp³-hybridized carbons (Fsp3) is 0.700. The van der Waals surface area contributed by atoms with Crippen molar-refractivity contribution in [3.63, 3.8) is 0 Å². The van der Waals surface area contributed by atoms with Gasteiger partial charge in [-0.2, -0.15) is 5.10 Å². The van der Waals surface area contributed by atoms with E-state index >= 15 is 0 Å². The number of amides is 1. The molecule has 1 heterocycles. The molecule has 0 saturated carbocycles. The predicted octanol–water partition coefficient (Wildman–Crippen LogP) is 1.63. The number of carbonyl (C=O) groups excluding carboxylic acids is 1. The topological polar surface area (TPSA) is 54.3 Å². The molecule has 16 heavy (non-hydrogen) atoms. The van der Waals surface area contributed by atoms with E-state index in [4.69, 9.17) is 4.84 Å². The van der Waals surface area contributed by atoms with Gasteiger partial charge in [-0.3, -0.25) is 4.79 Å². The lowest BCUT2D eigenvalue weighted by Crippen LogP contribution is -2.47. The minimum Gasteiger partial charge on any atom is -0.399 e. The normalized spacial score (nSPS) is 26.4. The number of oxime groups is 1. The van der Waals surface area contributed by atoms with E-state index in [1.54, 1.807) is 14.0 Å². The van der Waals surface area contributed by atoms with Crippen LogP contribution in [-0.4, -0.2) is 40.8 Å². The first-order chi connectivity index (χ1) is 7.35. The van der Waals surface area contributed by atoms with Crippen LogP contribution in [0.25, 0.3) is 0 Å². The van der Waals surface area contributed by atoms with Crippen LogP contribution in [0.3, 0.4) is 0 Å². The molecule has 1 rings (SSSR count). The third-order valence-electron chi connectivity index (χ3n) is 2.47. The molecule has 0 fully saturated rings. The summed E-state index contributed by atoms with van der Waals surface area (Å²) in [7, 11) is 3.09. The number of halogens is 1. The van der Waals surface area contributed by atoms with Crippen molar-refractivity contribution in [3.05, 3.63) is 0 Å². The molecule has 0 aromatic heterocycles. The minimum atomic E-state index is -0.952. The Morgan fingerprint density at radius 2 is 2.19 bits per heavy atom. The summed E-state index contributed by atoms with van der Waals surface area (Å²) in [4.78, 5) is 16.8. The van der Waals surface area contributed by atoms with Gasteiger partial charge in [0.25, 0.3) is 5.91 Å². The monoisotopic (exact) mass is 289 g/mol. The quantitative estimate of drug-likeness (QED) is 0.450. The largest absolute Gasteiger partial charge is 0.399 e. The average Bonchev–Trinajstić information content (AvgIpc) is 2.44. The Kier molecular flexibility index (Phi) is 3.72. The molecule has 1 aliphatic heterocycles. The highest BCUT2D eigenvalue weighted by molar-refractivity contribution is 9.11. The summed E-state index contributed by atoms with van der Waals surface area (Å²) in [6, 6.07) is 0. The van der Waals surface area contributed by atoms with Gasteiger partial charge in [-0.15, -0.1) is 0 Å². The van der Waals surface area contributed by atoms with Crippen LogP contribution >= 0.6 is 15.9 Å². The number of hydrazone groups is 1. The molecule has 0 N–H and O–H groups in total. The van der Waals surface area contributed by atoms with E-state index in [9.17, 15) is 4.79 Å². The zero-order valence-corrected chi connectivity index (χ0v) is 11.7. The van der Waals surface area contributed by atoms with Crippen LogP contribution in [0.15, 0.2) is 10.3 Å². The lowest BCUT2D eigenvalue weighted by molar-refractivity contribution is -0.127. The Hall–Kier alpha value is -0.910. The van der Waals surface area contributed by atoms with Crippen LogP contribution in [-0.2, 0) is 9.63 Å². The summed E-state index contributed by atoms with van der Waals surface area (Å²) in [6.45, 7) is 5.72. The van der Waals surface area contributed by atoms with Gasteiger partial charge in [0.1, 0.15) is 7.11 Å². The van der Waals surface area contributed by atoms with Crippen molar-refractivity contribution in [1.82, 2.24) is 5.01 Å². The van der Waals surface area contributed by atoms with Crippen molar-refractivity contribution in [1.29, 1.82) is 0 Å². The summed E-state index contributed by atoms with van der Waals surface area (Å²) in [5.41, 5.74) is 1.30. The molecule has 0 saturated heterocycles. The van der Waals surface area contributed by atoms with Gasteiger partial charge >= 0.3 is 0 Å². The summed E-state index contributed by atoms with van der Waals surface area (Å²) >= 11 is 3.45. The van der Waals surface area contributed by atoms with Crippen molar-refractivity contribution in [2.24, 2.45) is 16.2 Å². The predicted molar refractivity (Wildman–Crippen MR) is 66.8 cm³/mol. The van der Waals surface area contributed by atoms with Crippen LogP contribution < -0.4 is 0 Å². The van der Waals surface area contributed by atoms with Gasteiger partial charge in [0.15, 0.2) is 4.32 Å². The van der Waals surface area contributed by atoms with Crippen LogP contribution in [0.2, 0.25) is 0 Å². The Balaban J connectivity index is 3.23. The van der Waals surface area contributed by atoms with E-state index in [1.165, 1.54) is 12.1 Å². The average molecular weight is 290 g/mol. The molecule has 6 heteroatoms. The van der Waals surface area contributed by atoms with Crippen LogP contribution in [0.5, 0.6) is 0 Å². The van der Waals surface area contributed by atoms with Gasteiger partial charge < -0.3 is 4.84 Å². The number of hydrogen-bond acceptors (Lipinski definition) is 4. The van der Waals surface area contributed by atoms with E-state index in [-0.39, 0.29) is 11.8 Å². The van der Waals surface area contributed by atoms with E-state index in [0.29, 0.717) is 5.71 Å². The van der Waals surface area contributed by atoms with Gasteiger partial charge in [-0.25, -0.2) is 5.01 Å². The van der Waals surface area contributed by atoms with Gasteiger partial charge in [0.2, 0.25) is 0 Å². The number of alkyl halides is 1. The molecule has 0 spiro atoms. The lowest BCUT2D eigenvalue weighted by Gasteiger charge is -2.22. The van der Waals surface area contributed by atoms with Gasteiger partial charge in [0, 0.05) is 7.05 Å². The zero-order valence-electron chi connectivity index (χ0n) is 10.1. The number of rotatable bonds is 3. The summed E-state index contributed by atoms with van der Waals surface area (Å²) in [5.74, 6) is 0.00443. The van der Waals surface area contributed by atoms with E-state index in [0.717, 1.165) is 5.71 Å². The van der Waals surface area contributed by atoms with Gasteiger partial charge in [-0.1, -0.05) is 34.9 Å². The summed E-state index contributed by atoms with van der Waals surface area (Å²) < 4.78 is -0.952. The maximum Gasteiger partial charge on any atom is 0.271 e. The first-order valence-electron chi connectivity index (χ1n) is 5.00. The number of hydrogen-bond donors (Lipinski definition) is 0. The van der Waals surface area contributed by atoms with Crippen LogP contribution in [0.1, 0.15) is 20.8 Å². The van der Waals surface area contributed by atoms with Crippen molar-refractivity contribution in [3.8, 4) is 0 Å². The number of nitrogens with zero attached hydrogens (tertiary/aromatic N) is 3. The molecular weight excluding hydrogens is 274 g/mol. The highest BCUT2D eigenvalue weighted by Gasteiger charge is 2.51. The van der Waals surface area contributed by atoms with E-state index in [2.05, 4.69) is 26.2 Å². The first kappa shape index (κ1) is 13.2. The second kappa shape index (κ2) is 4.53. The molecule has 1 amide bonds. The molecule has 0 radical (unpaired) electrons. The molecule has 5 nitrogen and oxygen atoms in total. The molecule has 0 bridgehead atoms. The SMILES string of the molecule is CO/N=C(\C)C1(Br)C(=O)N(C)N=C1C(C)C. The van der Waals surface area contributed by atoms with E-state index in [1.807, 2.05) is 13.8 Å². The molecule has 0 aromatic rings. The van der Waals surface area contributed by atoms with Crippen molar-refractivity contribution in [2.45, 2.75) is 25.1 Å². The minimum absolute atomic E-state index is 0.144. The van der Waals surface area contributed by atoms with E-state index < -0.39 is 4.32 Å². The number of carbonyl (C=O) groups is 1. The zero-order chi connectivity index (χ0) is 12.5. The van der Waals surface area contributed by atoms with Crippen molar-refractivity contribution < 1.29 is 9.63 Å². The molecule has 1 atom stereocenters. The van der Waals surface area contributed by atoms with Gasteiger partial charge in [-0.05, 0) is 12.8 Å². The lowest BCUT2D eigenvalue weighted by atomic mass is 9.91. The maximum atomic E-state index is 12.1. The molecule has 0 aliphatic carbocycles. The Morgan fingerprint density at radius 3 is 2.62 bits per heavy atom. The second-order valence-electron chi connectivity index (χ2n) is 3.99. The Labute approximate surface area is 104 Å². The summed E-state index contributed by atoms with van der Waals surface area (Å²) in [5, 5.41) is 9.41. The van der Waals surface area contributed by atoms with Gasteiger partial charge in [0.05, 0.1) is 11.4 Å². The fourth-order valence-electron chi connectivity index (χ4n) is 1.66. The first-order valence-corrected chi connectivity index (χ1v) is 5.79.